The van der Waals surface area contributed by atoms with Crippen molar-refractivity contribution in [3.05, 3.63) is 23.8 Å². The van der Waals surface area contributed by atoms with E-state index in [9.17, 15) is 4.79 Å². The Labute approximate surface area is 162 Å². The molecule has 2 atom stereocenters. The fourth-order valence-corrected chi connectivity index (χ4v) is 4.08. The smallest absolute Gasteiger partial charge is 0.223 e. The first-order chi connectivity index (χ1) is 12.2. The van der Waals surface area contributed by atoms with Gasteiger partial charge in [-0.25, -0.2) is 0 Å². The molecule has 0 spiro atoms. The lowest BCUT2D eigenvalue weighted by Gasteiger charge is -2.20. The number of amides is 1. The van der Waals surface area contributed by atoms with E-state index in [0.717, 1.165) is 49.2 Å². The quantitative estimate of drug-likeness (QED) is 0.757. The monoisotopic (exact) mass is 382 g/mol. The maximum Gasteiger partial charge on any atom is 0.223 e. The molecule has 0 aromatic heterocycles. The molecule has 3 rings (SSSR count). The van der Waals surface area contributed by atoms with Crippen molar-refractivity contribution in [3.63, 3.8) is 0 Å². The van der Waals surface area contributed by atoms with Gasteiger partial charge in [-0.3, -0.25) is 4.79 Å². The fourth-order valence-electron chi connectivity index (χ4n) is 4.08. The largest absolute Gasteiger partial charge is 0.497 e. The number of carbonyl (C=O) groups is 1. The zero-order valence-electron chi connectivity index (χ0n) is 15.5. The van der Waals surface area contributed by atoms with Crippen LogP contribution in [0, 0.1) is 11.8 Å². The maximum atomic E-state index is 12.5. The summed E-state index contributed by atoms with van der Waals surface area (Å²) >= 11 is 0. The zero-order chi connectivity index (χ0) is 17.6. The number of rotatable bonds is 7. The van der Waals surface area contributed by atoms with Gasteiger partial charge in [0.2, 0.25) is 5.91 Å². The summed E-state index contributed by atoms with van der Waals surface area (Å²) < 4.78 is 11.5. The van der Waals surface area contributed by atoms with Gasteiger partial charge in [-0.05, 0) is 63.1 Å². The van der Waals surface area contributed by atoms with Crippen LogP contribution in [-0.2, 0) is 11.3 Å². The number of benzene rings is 1. The van der Waals surface area contributed by atoms with E-state index < -0.39 is 0 Å². The number of hydrogen-bond acceptors (Lipinski definition) is 4. The van der Waals surface area contributed by atoms with Gasteiger partial charge >= 0.3 is 0 Å². The van der Waals surface area contributed by atoms with Crippen LogP contribution in [-0.4, -0.2) is 25.7 Å². The predicted molar refractivity (Wildman–Crippen MR) is 105 cm³/mol. The summed E-state index contributed by atoms with van der Waals surface area (Å²) in [7, 11) is 1.66. The predicted octanol–water partition coefficient (Wildman–Crippen LogP) is 3.43. The zero-order valence-corrected chi connectivity index (χ0v) is 16.4. The van der Waals surface area contributed by atoms with Gasteiger partial charge in [-0.2, -0.15) is 0 Å². The molecule has 1 aromatic rings. The molecule has 0 saturated heterocycles. The van der Waals surface area contributed by atoms with Gasteiger partial charge in [0.25, 0.3) is 0 Å². The van der Waals surface area contributed by atoms with Crippen molar-refractivity contribution in [3.8, 4) is 11.5 Å². The summed E-state index contributed by atoms with van der Waals surface area (Å²) in [6, 6.07) is 5.83. The highest BCUT2D eigenvalue weighted by Gasteiger charge is 2.31. The first-order valence-corrected chi connectivity index (χ1v) is 9.52. The Morgan fingerprint density at radius 2 is 1.96 bits per heavy atom. The third-order valence-electron chi connectivity index (χ3n) is 5.62. The highest BCUT2D eigenvalue weighted by Crippen LogP contribution is 2.32. The van der Waals surface area contributed by atoms with E-state index in [1.165, 1.54) is 12.8 Å². The Kier molecular flexibility index (Phi) is 8.04. The first kappa shape index (κ1) is 20.8. The number of ether oxygens (including phenoxy) is 2. The molecule has 1 aromatic carbocycles. The van der Waals surface area contributed by atoms with Crippen LogP contribution in [0.15, 0.2) is 18.2 Å². The summed E-state index contributed by atoms with van der Waals surface area (Å²) in [5.41, 5.74) is 6.81. The number of nitrogens with one attached hydrogen (secondary N) is 1. The Morgan fingerprint density at radius 1 is 1.19 bits per heavy atom. The van der Waals surface area contributed by atoms with E-state index in [1.807, 2.05) is 18.2 Å². The lowest BCUT2D eigenvalue weighted by Crippen LogP contribution is -2.34. The second kappa shape index (κ2) is 10.0. The number of halogens is 1. The van der Waals surface area contributed by atoms with Gasteiger partial charge in [0.1, 0.15) is 11.5 Å². The van der Waals surface area contributed by atoms with Crippen molar-refractivity contribution < 1.29 is 14.3 Å². The van der Waals surface area contributed by atoms with Gasteiger partial charge in [0, 0.05) is 24.1 Å². The van der Waals surface area contributed by atoms with Crippen molar-refractivity contribution in [1.82, 2.24) is 5.32 Å². The van der Waals surface area contributed by atoms with Crippen molar-refractivity contribution in [2.75, 3.05) is 13.7 Å². The lowest BCUT2D eigenvalue weighted by atomic mass is 9.95. The Bertz CT molecular complexity index is 590. The minimum Gasteiger partial charge on any atom is -0.497 e. The molecule has 0 aliphatic heterocycles. The van der Waals surface area contributed by atoms with Gasteiger partial charge < -0.3 is 20.5 Å². The minimum absolute atomic E-state index is 0. The molecular weight excluding hydrogens is 352 g/mol. The maximum absolute atomic E-state index is 12.5. The molecule has 26 heavy (non-hydrogen) atoms. The number of hydrogen-bond donors (Lipinski definition) is 2. The van der Waals surface area contributed by atoms with Crippen LogP contribution in [0.3, 0.4) is 0 Å². The van der Waals surface area contributed by atoms with E-state index in [4.69, 9.17) is 15.2 Å². The van der Waals surface area contributed by atoms with E-state index in [1.54, 1.807) is 7.11 Å². The van der Waals surface area contributed by atoms with Gasteiger partial charge in [0.15, 0.2) is 0 Å². The second-order valence-electron chi connectivity index (χ2n) is 7.25. The van der Waals surface area contributed by atoms with Crippen LogP contribution in [0.1, 0.15) is 50.5 Å². The molecule has 6 heteroatoms. The number of methoxy groups -OCH3 is 1. The molecule has 3 N–H and O–H groups in total. The SMILES string of the molecule is COc1ccc(CNC(=O)[C@@H]2CCC[C@@H]2CN)c(OC2CCCC2)c1.Cl. The van der Waals surface area contributed by atoms with Gasteiger partial charge in [-0.15, -0.1) is 12.4 Å². The molecule has 2 saturated carbocycles. The third kappa shape index (κ3) is 5.04. The fraction of sp³-hybridized carbons (Fsp3) is 0.650. The van der Waals surface area contributed by atoms with Crippen LogP contribution >= 0.6 is 12.4 Å². The normalized spacial score (nSPS) is 22.7. The molecule has 2 aliphatic carbocycles. The first-order valence-electron chi connectivity index (χ1n) is 9.52. The summed E-state index contributed by atoms with van der Waals surface area (Å²) in [5, 5.41) is 3.09. The standard InChI is InChI=1S/C20H30N2O3.ClH/c1-24-17-10-9-15(19(11-17)25-16-6-2-3-7-16)13-22-20(23)18-8-4-5-14(18)12-21;/h9-11,14,16,18H,2-8,12-13,21H2,1H3,(H,22,23);1H/t14-,18-;/m1./s1. The van der Waals surface area contributed by atoms with E-state index in [0.29, 0.717) is 19.0 Å². The molecule has 1 amide bonds. The Hall–Kier alpha value is -1.46. The molecule has 0 bridgehead atoms. The van der Waals surface area contributed by atoms with E-state index >= 15 is 0 Å². The molecule has 5 nitrogen and oxygen atoms in total. The van der Waals surface area contributed by atoms with Crippen LogP contribution in [0.25, 0.3) is 0 Å². The van der Waals surface area contributed by atoms with E-state index in [-0.39, 0.29) is 30.3 Å². The van der Waals surface area contributed by atoms with Crippen molar-refractivity contribution >= 4 is 18.3 Å². The molecule has 2 fully saturated rings. The second-order valence-corrected chi connectivity index (χ2v) is 7.25. The van der Waals surface area contributed by atoms with Crippen LogP contribution < -0.4 is 20.5 Å². The summed E-state index contributed by atoms with van der Waals surface area (Å²) in [4.78, 5) is 12.5. The van der Waals surface area contributed by atoms with Crippen molar-refractivity contribution in [2.45, 2.75) is 57.6 Å². The molecular formula is C20H31ClN2O3. The minimum atomic E-state index is 0. The topological polar surface area (TPSA) is 73.6 Å². The molecule has 0 radical (unpaired) electrons. The van der Waals surface area contributed by atoms with Gasteiger partial charge in [0.05, 0.1) is 13.2 Å². The average Bonchev–Trinajstić information content (AvgIpc) is 3.31. The summed E-state index contributed by atoms with van der Waals surface area (Å²) in [6.45, 7) is 1.08. The Balaban J connectivity index is 0.00000243. The average molecular weight is 383 g/mol. The van der Waals surface area contributed by atoms with Crippen LogP contribution in [0.5, 0.6) is 11.5 Å². The van der Waals surface area contributed by atoms with Crippen molar-refractivity contribution in [1.29, 1.82) is 0 Å². The third-order valence-corrected chi connectivity index (χ3v) is 5.62. The highest BCUT2D eigenvalue weighted by molar-refractivity contribution is 5.85. The van der Waals surface area contributed by atoms with Crippen molar-refractivity contribution in [2.24, 2.45) is 17.6 Å². The van der Waals surface area contributed by atoms with Crippen LogP contribution in [0.2, 0.25) is 0 Å². The Morgan fingerprint density at radius 3 is 2.65 bits per heavy atom. The summed E-state index contributed by atoms with van der Waals surface area (Å²) in [6.07, 6.45) is 8.03. The molecule has 0 heterocycles. The van der Waals surface area contributed by atoms with Crippen LogP contribution in [0.4, 0.5) is 0 Å². The lowest BCUT2D eigenvalue weighted by molar-refractivity contribution is -0.126. The number of carbonyl (C=O) groups excluding carboxylic acids is 1. The number of nitrogens with two attached hydrogens (primary N) is 1. The molecule has 0 unspecified atom stereocenters. The molecule has 2 aliphatic rings. The van der Waals surface area contributed by atoms with Gasteiger partial charge in [-0.1, -0.05) is 6.42 Å². The molecule has 146 valence electrons. The highest BCUT2D eigenvalue weighted by atomic mass is 35.5. The summed E-state index contributed by atoms with van der Waals surface area (Å²) in [5.74, 6) is 2.11. The van der Waals surface area contributed by atoms with E-state index in [2.05, 4.69) is 5.32 Å².